The van der Waals surface area contributed by atoms with Crippen molar-refractivity contribution in [2.45, 2.75) is 19.3 Å². The second-order valence-corrected chi connectivity index (χ2v) is 14.0. The fraction of sp³-hybridized carbons (Fsp3) is 0.0625. The maximum Gasteiger partial charge on any atom is 0.416 e. The number of halogens is 6. The van der Waals surface area contributed by atoms with Crippen molar-refractivity contribution in [2.24, 2.45) is 0 Å². The summed E-state index contributed by atoms with van der Waals surface area (Å²) in [5.41, 5.74) is 3.81. The molecule has 0 unspecified atom stereocenters. The van der Waals surface area contributed by atoms with Crippen LogP contribution in [0.3, 0.4) is 0 Å². The van der Waals surface area contributed by atoms with E-state index in [-0.39, 0.29) is 40.2 Å². The zero-order valence-corrected chi connectivity index (χ0v) is 30.6. The Morgan fingerprint density at radius 1 is 0.397 bits per heavy atom. The van der Waals surface area contributed by atoms with Crippen molar-refractivity contribution in [3.8, 4) is 62.1 Å². The Morgan fingerprint density at radius 2 is 0.948 bits per heavy atom. The quantitative estimate of drug-likeness (QED) is 0.158. The van der Waals surface area contributed by atoms with Gasteiger partial charge in [-0.3, -0.25) is 0 Å². The SMILES string of the molecule is Cc1cccc(-c2ccc3c4ccccc4n(-c4ccc(-c5cc(C(F)(F)F)cc(C(F)(F)F)c5)c(-c5nc(-c6ccccc6)nc(-c6ccccc6)n5)c4)c3c2)c1. The average molecular weight is 777 g/mol. The second-order valence-electron chi connectivity index (χ2n) is 14.0. The summed E-state index contributed by atoms with van der Waals surface area (Å²) in [5, 5.41) is 1.92. The van der Waals surface area contributed by atoms with Gasteiger partial charge in [-0.15, -0.1) is 0 Å². The smallest absolute Gasteiger partial charge is 0.309 e. The Morgan fingerprint density at radius 3 is 1.57 bits per heavy atom. The van der Waals surface area contributed by atoms with Crippen LogP contribution in [0.25, 0.3) is 83.9 Å². The molecule has 0 bridgehead atoms. The number of aromatic nitrogens is 4. The fourth-order valence-corrected chi connectivity index (χ4v) is 7.40. The topological polar surface area (TPSA) is 43.6 Å². The predicted octanol–water partition coefficient (Wildman–Crippen LogP) is 13.6. The molecular formula is C48H30F6N4. The molecule has 2 aromatic heterocycles. The van der Waals surface area contributed by atoms with Crippen LogP contribution in [-0.2, 0) is 12.4 Å². The van der Waals surface area contributed by atoms with Gasteiger partial charge in [0.15, 0.2) is 17.5 Å². The molecule has 9 rings (SSSR count). The van der Waals surface area contributed by atoms with Crippen LogP contribution in [0.5, 0.6) is 0 Å². The van der Waals surface area contributed by atoms with E-state index in [0.717, 1.165) is 50.6 Å². The lowest BCUT2D eigenvalue weighted by Crippen LogP contribution is -2.11. The van der Waals surface area contributed by atoms with Gasteiger partial charge < -0.3 is 4.57 Å². The summed E-state index contributed by atoms with van der Waals surface area (Å²) in [6.07, 6.45) is -10.1. The molecule has 58 heavy (non-hydrogen) atoms. The van der Waals surface area contributed by atoms with E-state index >= 15 is 0 Å². The Bertz CT molecular complexity index is 2900. The largest absolute Gasteiger partial charge is 0.416 e. The first-order valence-corrected chi connectivity index (χ1v) is 18.3. The first-order valence-electron chi connectivity index (χ1n) is 18.3. The van der Waals surface area contributed by atoms with Gasteiger partial charge in [0, 0.05) is 33.2 Å². The number of nitrogens with zero attached hydrogens (tertiary/aromatic N) is 4. The molecule has 4 nitrogen and oxygen atoms in total. The summed E-state index contributed by atoms with van der Waals surface area (Å²) in [4.78, 5) is 14.5. The Hall–Kier alpha value is -7.07. The lowest BCUT2D eigenvalue weighted by Gasteiger charge is -2.18. The molecule has 0 saturated heterocycles. The van der Waals surface area contributed by atoms with Gasteiger partial charge in [-0.1, -0.05) is 127 Å². The number of rotatable bonds is 6. The van der Waals surface area contributed by atoms with Crippen molar-refractivity contribution in [1.82, 2.24) is 19.5 Å². The summed E-state index contributed by atoms with van der Waals surface area (Å²) in [6, 6.07) is 47.0. The zero-order valence-electron chi connectivity index (χ0n) is 30.6. The van der Waals surface area contributed by atoms with E-state index in [1.807, 2.05) is 115 Å². The predicted molar refractivity (Wildman–Crippen MR) is 216 cm³/mol. The van der Waals surface area contributed by atoms with E-state index < -0.39 is 23.5 Å². The molecule has 0 spiro atoms. The Kier molecular flexibility index (Phi) is 8.92. The molecule has 9 aromatic rings. The van der Waals surface area contributed by atoms with Crippen molar-refractivity contribution in [3.05, 3.63) is 180 Å². The number of benzene rings is 7. The maximum atomic E-state index is 14.3. The Balaban J connectivity index is 1.36. The number of aryl methyl sites for hydroxylation is 1. The number of fused-ring (bicyclic) bond motifs is 3. The highest BCUT2D eigenvalue weighted by Crippen LogP contribution is 2.43. The van der Waals surface area contributed by atoms with E-state index in [4.69, 9.17) is 15.0 Å². The van der Waals surface area contributed by atoms with Crippen LogP contribution < -0.4 is 0 Å². The summed E-state index contributed by atoms with van der Waals surface area (Å²) >= 11 is 0. The molecule has 0 saturated carbocycles. The molecular weight excluding hydrogens is 747 g/mol. The third-order valence-corrected chi connectivity index (χ3v) is 10.1. The van der Waals surface area contributed by atoms with E-state index in [0.29, 0.717) is 16.8 Å². The van der Waals surface area contributed by atoms with E-state index in [1.54, 1.807) is 18.2 Å². The standard InChI is InChI=1S/C48H30F6N4/c1-29-11-10-16-32(23-29)33-19-21-40-39-17-8-9-18-42(39)58(43(40)26-33)37-20-22-38(34-24-35(47(49,50)51)27-36(25-34)48(52,53)54)41(28-37)46-56-44(30-12-4-2-5-13-30)55-45(57-46)31-14-6-3-7-15-31/h2-28H,1H3. The monoisotopic (exact) mass is 776 g/mol. The molecule has 0 amide bonds. The van der Waals surface area contributed by atoms with Crippen molar-refractivity contribution in [3.63, 3.8) is 0 Å². The van der Waals surface area contributed by atoms with Crippen molar-refractivity contribution in [1.29, 1.82) is 0 Å². The molecule has 0 aliphatic carbocycles. The first kappa shape index (κ1) is 36.6. The third-order valence-electron chi connectivity index (χ3n) is 10.1. The van der Waals surface area contributed by atoms with Gasteiger partial charge in [0.05, 0.1) is 22.2 Å². The van der Waals surface area contributed by atoms with E-state index in [1.165, 1.54) is 0 Å². The van der Waals surface area contributed by atoms with Crippen LogP contribution in [0.1, 0.15) is 16.7 Å². The minimum atomic E-state index is -5.05. The number of hydrogen-bond acceptors (Lipinski definition) is 3. The van der Waals surface area contributed by atoms with Crippen molar-refractivity contribution < 1.29 is 26.3 Å². The number of alkyl halides is 6. The van der Waals surface area contributed by atoms with Gasteiger partial charge in [-0.2, -0.15) is 26.3 Å². The fourth-order valence-electron chi connectivity index (χ4n) is 7.40. The lowest BCUT2D eigenvalue weighted by molar-refractivity contribution is -0.143. The first-order chi connectivity index (χ1) is 27.9. The summed E-state index contributed by atoms with van der Waals surface area (Å²) in [5.74, 6) is 0.623. The van der Waals surface area contributed by atoms with Gasteiger partial charge in [-0.05, 0) is 71.6 Å². The lowest BCUT2D eigenvalue weighted by atomic mass is 9.94. The molecule has 0 N–H and O–H groups in total. The molecule has 0 atom stereocenters. The number of para-hydroxylation sites is 1. The summed E-state index contributed by atoms with van der Waals surface area (Å²) in [6.45, 7) is 2.03. The highest BCUT2D eigenvalue weighted by Gasteiger charge is 2.37. The van der Waals surface area contributed by atoms with Crippen LogP contribution in [-0.4, -0.2) is 19.5 Å². The highest BCUT2D eigenvalue weighted by atomic mass is 19.4. The normalized spacial score (nSPS) is 12.1. The molecule has 0 aliphatic heterocycles. The van der Waals surface area contributed by atoms with Crippen LogP contribution in [0.15, 0.2) is 164 Å². The van der Waals surface area contributed by atoms with Crippen LogP contribution in [0.2, 0.25) is 0 Å². The molecule has 10 heteroatoms. The second kappa shape index (κ2) is 14.1. The summed E-state index contributed by atoms with van der Waals surface area (Å²) in [7, 11) is 0. The van der Waals surface area contributed by atoms with Crippen LogP contribution in [0, 0.1) is 6.92 Å². The van der Waals surface area contributed by atoms with Crippen molar-refractivity contribution in [2.75, 3.05) is 0 Å². The minimum Gasteiger partial charge on any atom is -0.309 e. The van der Waals surface area contributed by atoms with Gasteiger partial charge >= 0.3 is 12.4 Å². The molecule has 0 fully saturated rings. The van der Waals surface area contributed by atoms with Crippen LogP contribution in [0.4, 0.5) is 26.3 Å². The average Bonchev–Trinajstić information content (AvgIpc) is 3.57. The molecule has 284 valence electrons. The molecule has 2 heterocycles. The minimum absolute atomic E-state index is 0.0664. The van der Waals surface area contributed by atoms with Crippen molar-refractivity contribution >= 4 is 21.8 Å². The molecule has 0 aliphatic rings. The van der Waals surface area contributed by atoms with E-state index in [2.05, 4.69) is 24.3 Å². The van der Waals surface area contributed by atoms with Gasteiger partial charge in [0.2, 0.25) is 0 Å². The zero-order chi connectivity index (χ0) is 40.2. The van der Waals surface area contributed by atoms with Gasteiger partial charge in [-0.25, -0.2) is 15.0 Å². The highest BCUT2D eigenvalue weighted by molar-refractivity contribution is 6.10. The third kappa shape index (κ3) is 6.87. The van der Waals surface area contributed by atoms with Crippen LogP contribution >= 0.6 is 0 Å². The summed E-state index contributed by atoms with van der Waals surface area (Å²) < 4.78 is 87.7. The maximum absolute atomic E-state index is 14.3. The molecule has 7 aromatic carbocycles. The molecule has 0 radical (unpaired) electrons. The van der Waals surface area contributed by atoms with Gasteiger partial charge in [0.1, 0.15) is 0 Å². The van der Waals surface area contributed by atoms with E-state index in [9.17, 15) is 26.3 Å². The van der Waals surface area contributed by atoms with Gasteiger partial charge in [0.25, 0.3) is 0 Å². The Labute approximate surface area is 328 Å². The number of hydrogen-bond donors (Lipinski definition) is 0.